The zero-order valence-electron chi connectivity index (χ0n) is 11.0. The van der Waals surface area contributed by atoms with Crippen LogP contribution in [0.25, 0.3) is 0 Å². The highest BCUT2D eigenvalue weighted by atomic mass is 79.9. The van der Waals surface area contributed by atoms with Gasteiger partial charge in [-0.2, -0.15) is 0 Å². The molecule has 1 aromatic rings. The summed E-state index contributed by atoms with van der Waals surface area (Å²) in [6.07, 6.45) is 2.66. The first-order valence-corrected chi connectivity index (χ1v) is 7.05. The lowest BCUT2D eigenvalue weighted by Crippen LogP contribution is -2.32. The molecule has 2 nitrogen and oxygen atoms in total. The molecule has 0 amide bonds. The second-order valence-corrected chi connectivity index (χ2v) is 5.56. The molecule has 96 valence electrons. The fourth-order valence-electron chi connectivity index (χ4n) is 1.92. The number of hydrogen-bond donors (Lipinski definition) is 1. The summed E-state index contributed by atoms with van der Waals surface area (Å²) in [6, 6.07) is 8.63. The molecule has 0 unspecified atom stereocenters. The lowest BCUT2D eigenvalue weighted by molar-refractivity contribution is 0.438. The zero-order chi connectivity index (χ0) is 12.7. The van der Waals surface area contributed by atoms with Crippen LogP contribution >= 0.6 is 15.9 Å². The highest BCUT2D eigenvalue weighted by molar-refractivity contribution is 9.10. The number of nitrogens with one attached hydrogen (secondary N) is 1. The second kappa shape index (κ2) is 7.72. The minimum atomic E-state index is 0.904. The van der Waals surface area contributed by atoms with Gasteiger partial charge in [-0.25, -0.2) is 0 Å². The van der Waals surface area contributed by atoms with Gasteiger partial charge in [0.2, 0.25) is 0 Å². The molecule has 2 rings (SSSR count). The van der Waals surface area contributed by atoms with Gasteiger partial charge in [-0.05, 0) is 57.1 Å². The van der Waals surface area contributed by atoms with Crippen LogP contribution in [0.5, 0.6) is 0 Å². The number of anilines is 1. The van der Waals surface area contributed by atoms with Crippen molar-refractivity contribution in [1.82, 2.24) is 5.32 Å². The van der Waals surface area contributed by atoms with Crippen LogP contribution in [0.1, 0.15) is 19.8 Å². The van der Waals surface area contributed by atoms with Crippen molar-refractivity contribution in [1.29, 1.82) is 0 Å². The van der Waals surface area contributed by atoms with Gasteiger partial charge in [0, 0.05) is 23.2 Å². The van der Waals surface area contributed by atoms with Crippen molar-refractivity contribution in [3.8, 4) is 0 Å². The Labute approximate surface area is 114 Å². The van der Waals surface area contributed by atoms with Gasteiger partial charge in [-0.15, -0.1) is 0 Å². The maximum Gasteiger partial charge on any atom is 0.0366 e. The van der Waals surface area contributed by atoms with Crippen LogP contribution in [-0.2, 0) is 0 Å². The summed E-state index contributed by atoms with van der Waals surface area (Å²) in [7, 11) is 3.75. The van der Waals surface area contributed by atoms with Gasteiger partial charge in [0.15, 0.2) is 0 Å². The molecule has 17 heavy (non-hydrogen) atoms. The third kappa shape index (κ3) is 5.09. The molecule has 0 saturated carbocycles. The molecule has 1 aliphatic heterocycles. The van der Waals surface area contributed by atoms with Crippen LogP contribution < -0.4 is 10.2 Å². The van der Waals surface area contributed by atoms with E-state index in [-0.39, 0.29) is 0 Å². The second-order valence-electron chi connectivity index (χ2n) is 4.65. The number of nitrogens with zero attached hydrogens (tertiary/aromatic N) is 1. The normalized spacial score (nSPS) is 16.4. The Bertz CT molecular complexity index is 303. The first-order chi connectivity index (χ1) is 8.17. The molecular formula is C14H23BrN2. The van der Waals surface area contributed by atoms with Crippen LogP contribution in [0.15, 0.2) is 28.7 Å². The molecule has 1 heterocycles. The van der Waals surface area contributed by atoms with Crippen molar-refractivity contribution in [2.75, 3.05) is 32.1 Å². The Balaban J connectivity index is 0.000000437. The molecule has 3 heteroatoms. The van der Waals surface area contributed by atoms with Crippen molar-refractivity contribution >= 4 is 21.6 Å². The van der Waals surface area contributed by atoms with Crippen LogP contribution in [0.4, 0.5) is 5.69 Å². The fraction of sp³-hybridized carbons (Fsp3) is 0.571. The van der Waals surface area contributed by atoms with Gasteiger partial charge in [0.25, 0.3) is 0 Å². The van der Waals surface area contributed by atoms with Gasteiger partial charge in [-0.3, -0.25) is 0 Å². The smallest absolute Gasteiger partial charge is 0.0366 e. The van der Waals surface area contributed by atoms with E-state index in [9.17, 15) is 0 Å². The monoisotopic (exact) mass is 298 g/mol. The standard InChI is InChI=1S/C12H16BrN.C2H7N/c1-10-6-8-14(9-7-10)12-4-2-11(13)3-5-12;1-3-2/h2-5,10H,6-9H2,1H3;3H,1-2H3. The summed E-state index contributed by atoms with van der Waals surface area (Å²) in [5.41, 5.74) is 1.36. The quantitative estimate of drug-likeness (QED) is 0.853. The van der Waals surface area contributed by atoms with Crippen molar-refractivity contribution in [3.63, 3.8) is 0 Å². The van der Waals surface area contributed by atoms with Crippen LogP contribution in [0.2, 0.25) is 0 Å². The lowest BCUT2D eigenvalue weighted by atomic mass is 9.99. The maximum atomic E-state index is 3.46. The molecule has 0 atom stereocenters. The summed E-state index contributed by atoms with van der Waals surface area (Å²) in [5.74, 6) is 0.904. The summed E-state index contributed by atoms with van der Waals surface area (Å²) in [4.78, 5) is 2.48. The van der Waals surface area contributed by atoms with Gasteiger partial charge in [-0.1, -0.05) is 22.9 Å². The molecule has 0 aromatic heterocycles. The Hall–Kier alpha value is -0.540. The zero-order valence-corrected chi connectivity index (χ0v) is 12.6. The van der Waals surface area contributed by atoms with Crippen LogP contribution in [0, 0.1) is 5.92 Å². The van der Waals surface area contributed by atoms with E-state index in [1.54, 1.807) is 0 Å². The predicted octanol–water partition coefficient (Wildman–Crippen LogP) is 3.52. The predicted molar refractivity (Wildman–Crippen MR) is 79.7 cm³/mol. The SMILES string of the molecule is CC1CCN(c2ccc(Br)cc2)CC1.CNC. The third-order valence-corrected chi connectivity index (χ3v) is 3.50. The number of piperidine rings is 1. The molecule has 0 radical (unpaired) electrons. The van der Waals surface area contributed by atoms with E-state index in [4.69, 9.17) is 0 Å². The van der Waals surface area contributed by atoms with E-state index in [1.165, 1.54) is 31.6 Å². The minimum Gasteiger partial charge on any atom is -0.372 e. The van der Waals surface area contributed by atoms with E-state index in [1.807, 2.05) is 14.1 Å². The van der Waals surface area contributed by atoms with Crippen LogP contribution in [-0.4, -0.2) is 27.2 Å². The van der Waals surface area contributed by atoms with E-state index < -0.39 is 0 Å². The lowest BCUT2D eigenvalue weighted by Gasteiger charge is -2.32. The summed E-state index contributed by atoms with van der Waals surface area (Å²) < 4.78 is 1.16. The van der Waals surface area contributed by atoms with Crippen LogP contribution in [0.3, 0.4) is 0 Å². The molecule has 0 aliphatic carbocycles. The highest BCUT2D eigenvalue weighted by Gasteiger charge is 2.15. The Morgan fingerprint density at radius 1 is 1.12 bits per heavy atom. The van der Waals surface area contributed by atoms with E-state index in [2.05, 4.69) is 57.3 Å². The maximum absolute atomic E-state index is 3.46. The van der Waals surface area contributed by atoms with E-state index in [0.29, 0.717) is 0 Å². The minimum absolute atomic E-state index is 0.904. The van der Waals surface area contributed by atoms with Crippen molar-refractivity contribution in [3.05, 3.63) is 28.7 Å². The highest BCUT2D eigenvalue weighted by Crippen LogP contribution is 2.24. The van der Waals surface area contributed by atoms with Gasteiger partial charge >= 0.3 is 0 Å². The molecule has 1 aromatic carbocycles. The largest absolute Gasteiger partial charge is 0.372 e. The average Bonchev–Trinajstić information content (AvgIpc) is 2.32. The van der Waals surface area contributed by atoms with Gasteiger partial charge in [0.05, 0.1) is 0 Å². The Kier molecular flexibility index (Phi) is 6.60. The van der Waals surface area contributed by atoms with Gasteiger partial charge < -0.3 is 10.2 Å². The van der Waals surface area contributed by atoms with Crippen molar-refractivity contribution in [2.24, 2.45) is 5.92 Å². The fourth-order valence-corrected chi connectivity index (χ4v) is 2.18. The number of hydrogen-bond acceptors (Lipinski definition) is 2. The Morgan fingerprint density at radius 3 is 2.06 bits per heavy atom. The van der Waals surface area contributed by atoms with Crippen molar-refractivity contribution < 1.29 is 0 Å². The summed E-state index contributed by atoms with van der Waals surface area (Å²) in [5, 5.41) is 2.75. The van der Waals surface area contributed by atoms with E-state index >= 15 is 0 Å². The number of halogens is 1. The Morgan fingerprint density at radius 2 is 1.59 bits per heavy atom. The number of rotatable bonds is 1. The molecule has 1 saturated heterocycles. The van der Waals surface area contributed by atoms with Gasteiger partial charge in [0.1, 0.15) is 0 Å². The summed E-state index contributed by atoms with van der Waals surface area (Å²) >= 11 is 3.46. The molecule has 0 spiro atoms. The third-order valence-electron chi connectivity index (χ3n) is 2.98. The molecule has 0 bridgehead atoms. The first kappa shape index (κ1) is 14.5. The average molecular weight is 299 g/mol. The molecular weight excluding hydrogens is 276 g/mol. The van der Waals surface area contributed by atoms with E-state index in [0.717, 1.165) is 10.4 Å². The molecule has 1 N–H and O–H groups in total. The molecule has 1 aliphatic rings. The van der Waals surface area contributed by atoms with Crippen molar-refractivity contribution in [2.45, 2.75) is 19.8 Å². The number of benzene rings is 1. The first-order valence-electron chi connectivity index (χ1n) is 6.26. The topological polar surface area (TPSA) is 15.3 Å². The summed E-state index contributed by atoms with van der Waals surface area (Å²) in [6.45, 7) is 4.77. The molecule has 1 fully saturated rings.